The summed E-state index contributed by atoms with van der Waals surface area (Å²) in [5.74, 6) is -0.321. The minimum Gasteiger partial charge on any atom is -0.444 e. The summed E-state index contributed by atoms with van der Waals surface area (Å²) in [5.41, 5.74) is 5.92. The lowest BCUT2D eigenvalue weighted by molar-refractivity contribution is -0.143. The van der Waals surface area contributed by atoms with Crippen LogP contribution in [0.3, 0.4) is 0 Å². The molecule has 1 atom stereocenters. The van der Waals surface area contributed by atoms with E-state index in [1.165, 1.54) is 0 Å². The molecule has 0 rings (SSSR count). The van der Waals surface area contributed by atoms with Crippen molar-refractivity contribution in [3.8, 4) is 0 Å². The van der Waals surface area contributed by atoms with Crippen LogP contribution < -0.4 is 5.73 Å². The number of rotatable bonds is 4. The Morgan fingerprint density at radius 1 is 1.67 bits per heavy atom. The van der Waals surface area contributed by atoms with Gasteiger partial charge in [0.15, 0.2) is 0 Å². The summed E-state index contributed by atoms with van der Waals surface area (Å²) in [6.07, 6.45) is 3.27. The van der Waals surface area contributed by atoms with E-state index in [1.54, 1.807) is 13.8 Å². The average molecular weight is 171 g/mol. The highest BCUT2D eigenvalue weighted by Gasteiger charge is 2.06. The Morgan fingerprint density at radius 2 is 2.25 bits per heavy atom. The van der Waals surface area contributed by atoms with Crippen molar-refractivity contribution in [2.24, 2.45) is 5.73 Å². The molecule has 70 valence electrons. The van der Waals surface area contributed by atoms with Gasteiger partial charge < -0.3 is 4.74 Å². The molecular formula is C9H17NO2. The molecule has 0 aliphatic carbocycles. The fraction of sp³-hybridized carbons (Fsp3) is 0.667. The Labute approximate surface area is 73.6 Å². The number of hydrogen-bond acceptors (Lipinski definition) is 3. The van der Waals surface area contributed by atoms with E-state index >= 15 is 0 Å². The molecule has 0 bridgehead atoms. The lowest BCUT2D eigenvalue weighted by Gasteiger charge is -2.07. The summed E-state index contributed by atoms with van der Waals surface area (Å²) < 4.78 is 4.78. The molecule has 0 aromatic carbocycles. The van der Waals surface area contributed by atoms with Crippen molar-refractivity contribution in [1.82, 2.24) is 0 Å². The molecule has 2 N–H and O–H groups in total. The molecule has 0 heterocycles. The van der Waals surface area contributed by atoms with Crippen LogP contribution in [0.25, 0.3) is 0 Å². The second kappa shape index (κ2) is 5.77. The zero-order chi connectivity index (χ0) is 9.56. The minimum absolute atomic E-state index is 0.321. The van der Waals surface area contributed by atoms with Gasteiger partial charge in [-0.05, 0) is 20.3 Å². The Bertz CT molecular complexity index is 173. The van der Waals surface area contributed by atoms with E-state index in [2.05, 4.69) is 6.92 Å². The van der Waals surface area contributed by atoms with Crippen LogP contribution in [0.2, 0.25) is 0 Å². The van der Waals surface area contributed by atoms with Crippen molar-refractivity contribution < 1.29 is 9.53 Å². The largest absolute Gasteiger partial charge is 0.444 e. The molecule has 3 nitrogen and oxygen atoms in total. The fourth-order valence-electron chi connectivity index (χ4n) is 0.706. The zero-order valence-corrected chi connectivity index (χ0v) is 7.96. The number of esters is 1. The van der Waals surface area contributed by atoms with E-state index in [9.17, 15) is 4.79 Å². The van der Waals surface area contributed by atoms with Gasteiger partial charge in [-0.2, -0.15) is 0 Å². The number of nitrogens with two attached hydrogens (primary N) is 1. The molecule has 0 aliphatic rings. The van der Waals surface area contributed by atoms with Crippen LogP contribution in [0.5, 0.6) is 0 Å². The van der Waals surface area contributed by atoms with Crippen molar-refractivity contribution in [2.45, 2.75) is 39.8 Å². The second-order valence-corrected chi connectivity index (χ2v) is 2.79. The number of carbonyl (C=O) groups is 1. The Balaban J connectivity index is 3.92. The molecular weight excluding hydrogens is 154 g/mol. The third-order valence-electron chi connectivity index (χ3n) is 1.35. The van der Waals surface area contributed by atoms with Crippen LogP contribution in [-0.2, 0) is 9.53 Å². The monoisotopic (exact) mass is 171 g/mol. The predicted molar refractivity (Wildman–Crippen MR) is 48.4 cm³/mol. The summed E-state index contributed by atoms with van der Waals surface area (Å²) in [6, 6.07) is 0. The van der Waals surface area contributed by atoms with Gasteiger partial charge in [0, 0.05) is 5.57 Å². The summed E-state index contributed by atoms with van der Waals surface area (Å²) in [6.45, 7) is 5.42. The second-order valence-electron chi connectivity index (χ2n) is 2.79. The quantitative estimate of drug-likeness (QED) is 0.397. The Kier molecular flexibility index (Phi) is 5.37. The van der Waals surface area contributed by atoms with Crippen molar-refractivity contribution in [3.05, 3.63) is 11.6 Å². The van der Waals surface area contributed by atoms with Gasteiger partial charge in [-0.25, -0.2) is 4.79 Å². The standard InChI is InChI=1S/C9H17NO2/c1-4-5-6-7(2)9(11)12-8(3)10/h6,8H,4-5,10H2,1-3H3/b7-6+. The average Bonchev–Trinajstić information content (AvgIpc) is 1.98. The molecule has 0 aromatic heterocycles. The van der Waals surface area contributed by atoms with Gasteiger partial charge in [0.05, 0.1) is 0 Å². The number of carbonyl (C=O) groups excluding carboxylic acids is 1. The van der Waals surface area contributed by atoms with Gasteiger partial charge in [-0.1, -0.05) is 19.4 Å². The SMILES string of the molecule is CCC/C=C(\C)C(=O)OC(C)N. The van der Waals surface area contributed by atoms with E-state index in [0.29, 0.717) is 5.57 Å². The van der Waals surface area contributed by atoms with Crippen molar-refractivity contribution in [2.75, 3.05) is 0 Å². The lowest BCUT2D eigenvalue weighted by Crippen LogP contribution is -2.23. The minimum atomic E-state index is -0.525. The van der Waals surface area contributed by atoms with Crippen LogP contribution in [0.15, 0.2) is 11.6 Å². The van der Waals surface area contributed by atoms with Gasteiger partial charge in [0.25, 0.3) is 0 Å². The fourth-order valence-corrected chi connectivity index (χ4v) is 0.706. The summed E-state index contributed by atoms with van der Waals surface area (Å²) in [4.78, 5) is 11.1. The molecule has 12 heavy (non-hydrogen) atoms. The number of unbranched alkanes of at least 4 members (excludes halogenated alkanes) is 1. The molecule has 0 aromatic rings. The van der Waals surface area contributed by atoms with E-state index < -0.39 is 6.23 Å². The third-order valence-corrected chi connectivity index (χ3v) is 1.35. The smallest absolute Gasteiger partial charge is 0.334 e. The first-order chi connectivity index (χ1) is 5.57. The first-order valence-electron chi connectivity index (χ1n) is 4.21. The first-order valence-corrected chi connectivity index (χ1v) is 4.21. The molecule has 3 heteroatoms. The molecule has 0 fully saturated rings. The molecule has 0 amide bonds. The van der Waals surface area contributed by atoms with Crippen LogP contribution in [0.4, 0.5) is 0 Å². The first kappa shape index (κ1) is 11.2. The van der Waals surface area contributed by atoms with E-state index in [4.69, 9.17) is 10.5 Å². The van der Waals surface area contributed by atoms with Gasteiger partial charge in [0.1, 0.15) is 6.23 Å². The normalized spacial score (nSPS) is 14.2. The number of hydrogen-bond donors (Lipinski definition) is 1. The third kappa shape index (κ3) is 4.91. The summed E-state index contributed by atoms with van der Waals surface area (Å²) in [5, 5.41) is 0. The highest BCUT2D eigenvalue weighted by atomic mass is 16.6. The van der Waals surface area contributed by atoms with Crippen molar-refractivity contribution in [3.63, 3.8) is 0 Å². The molecule has 0 radical (unpaired) electrons. The van der Waals surface area contributed by atoms with Gasteiger partial charge in [0.2, 0.25) is 0 Å². The van der Waals surface area contributed by atoms with Crippen molar-refractivity contribution in [1.29, 1.82) is 0 Å². The van der Waals surface area contributed by atoms with Gasteiger partial charge >= 0.3 is 5.97 Å². The van der Waals surface area contributed by atoms with E-state index in [-0.39, 0.29) is 5.97 Å². The van der Waals surface area contributed by atoms with Crippen molar-refractivity contribution >= 4 is 5.97 Å². The van der Waals surface area contributed by atoms with E-state index in [0.717, 1.165) is 12.8 Å². The van der Waals surface area contributed by atoms with Crippen LogP contribution >= 0.6 is 0 Å². The van der Waals surface area contributed by atoms with Gasteiger partial charge in [-0.15, -0.1) is 0 Å². The summed E-state index contributed by atoms with van der Waals surface area (Å²) >= 11 is 0. The maximum absolute atomic E-state index is 11.1. The van der Waals surface area contributed by atoms with Crippen LogP contribution in [-0.4, -0.2) is 12.2 Å². The Hall–Kier alpha value is -0.830. The lowest BCUT2D eigenvalue weighted by atomic mass is 10.2. The van der Waals surface area contributed by atoms with Crippen LogP contribution in [0.1, 0.15) is 33.6 Å². The zero-order valence-electron chi connectivity index (χ0n) is 7.96. The topological polar surface area (TPSA) is 52.3 Å². The molecule has 0 saturated heterocycles. The summed E-state index contributed by atoms with van der Waals surface area (Å²) in [7, 11) is 0. The van der Waals surface area contributed by atoms with Gasteiger partial charge in [-0.3, -0.25) is 5.73 Å². The number of allylic oxidation sites excluding steroid dienone is 1. The molecule has 0 saturated carbocycles. The maximum atomic E-state index is 11.1. The maximum Gasteiger partial charge on any atom is 0.334 e. The van der Waals surface area contributed by atoms with Crippen LogP contribution in [0, 0.1) is 0 Å². The highest BCUT2D eigenvalue weighted by molar-refractivity contribution is 5.87. The molecule has 0 aliphatic heterocycles. The molecule has 1 unspecified atom stereocenters. The Morgan fingerprint density at radius 3 is 2.67 bits per heavy atom. The highest BCUT2D eigenvalue weighted by Crippen LogP contribution is 2.01. The predicted octanol–water partition coefficient (Wildman–Crippen LogP) is 1.58. The van der Waals surface area contributed by atoms with E-state index in [1.807, 2.05) is 6.08 Å². The number of ether oxygens (including phenoxy) is 1. The molecule has 0 spiro atoms.